The van der Waals surface area contributed by atoms with Crippen LogP contribution in [-0.4, -0.2) is 11.8 Å². The molecule has 3 nitrogen and oxygen atoms in total. The molecular weight excluding hydrogens is 168 g/mol. The summed E-state index contributed by atoms with van der Waals surface area (Å²) in [4.78, 5) is 21.6. The van der Waals surface area contributed by atoms with Gasteiger partial charge in [-0.25, -0.2) is 0 Å². The molecular formula is C10H13O3-. The molecule has 0 aromatic carbocycles. The maximum absolute atomic E-state index is 11.3. The molecule has 1 rings (SSSR count). The third kappa shape index (κ3) is 2.41. The standard InChI is InChI=1S/C10H14O3/c1-2-3-8-7(6-10(12)13)4-5-9(8)11/h2-6H2,1H3,(H,12,13)/p-1. The van der Waals surface area contributed by atoms with Crippen LogP contribution in [0.4, 0.5) is 0 Å². The van der Waals surface area contributed by atoms with E-state index in [0.29, 0.717) is 19.3 Å². The van der Waals surface area contributed by atoms with Crippen molar-refractivity contribution in [1.29, 1.82) is 0 Å². The van der Waals surface area contributed by atoms with Crippen LogP contribution in [0, 0.1) is 0 Å². The highest BCUT2D eigenvalue weighted by atomic mass is 16.4. The fraction of sp³-hybridized carbons (Fsp3) is 0.600. The molecule has 0 amide bonds. The second kappa shape index (κ2) is 4.21. The van der Waals surface area contributed by atoms with Crippen molar-refractivity contribution in [2.24, 2.45) is 0 Å². The fourth-order valence-corrected chi connectivity index (χ4v) is 1.70. The zero-order valence-corrected chi connectivity index (χ0v) is 7.76. The summed E-state index contributed by atoms with van der Waals surface area (Å²) in [5.41, 5.74) is 1.53. The fourth-order valence-electron chi connectivity index (χ4n) is 1.70. The van der Waals surface area contributed by atoms with Crippen LogP contribution in [0.3, 0.4) is 0 Å². The summed E-state index contributed by atoms with van der Waals surface area (Å²) in [5, 5.41) is 10.4. The minimum atomic E-state index is -1.08. The van der Waals surface area contributed by atoms with Crippen molar-refractivity contribution in [2.45, 2.75) is 39.0 Å². The van der Waals surface area contributed by atoms with Crippen molar-refractivity contribution in [1.82, 2.24) is 0 Å². The lowest BCUT2D eigenvalue weighted by atomic mass is 10.0. The topological polar surface area (TPSA) is 57.2 Å². The predicted octanol–water partition coefficient (Wildman–Crippen LogP) is 0.586. The summed E-state index contributed by atoms with van der Waals surface area (Å²) in [6, 6.07) is 0. The zero-order chi connectivity index (χ0) is 9.84. The van der Waals surface area contributed by atoms with Gasteiger partial charge in [-0.1, -0.05) is 18.9 Å². The normalized spacial score (nSPS) is 16.8. The quantitative estimate of drug-likeness (QED) is 0.637. The van der Waals surface area contributed by atoms with E-state index in [1.165, 1.54) is 0 Å². The zero-order valence-electron chi connectivity index (χ0n) is 7.76. The van der Waals surface area contributed by atoms with Gasteiger partial charge in [0.1, 0.15) is 0 Å². The number of carbonyl (C=O) groups is 2. The number of aliphatic carboxylic acids is 1. The first-order valence-electron chi connectivity index (χ1n) is 4.59. The van der Waals surface area contributed by atoms with Crippen LogP contribution >= 0.6 is 0 Å². The molecule has 72 valence electrons. The van der Waals surface area contributed by atoms with Crippen LogP contribution in [0.15, 0.2) is 11.1 Å². The maximum Gasteiger partial charge on any atom is 0.159 e. The Morgan fingerprint density at radius 1 is 1.46 bits per heavy atom. The van der Waals surface area contributed by atoms with E-state index in [1.54, 1.807) is 0 Å². The molecule has 0 aliphatic heterocycles. The van der Waals surface area contributed by atoms with Crippen molar-refractivity contribution < 1.29 is 14.7 Å². The van der Waals surface area contributed by atoms with Gasteiger partial charge in [-0.05, 0) is 18.4 Å². The lowest BCUT2D eigenvalue weighted by Gasteiger charge is -2.05. The summed E-state index contributed by atoms with van der Waals surface area (Å²) in [7, 11) is 0. The largest absolute Gasteiger partial charge is 0.550 e. The highest BCUT2D eigenvalue weighted by Crippen LogP contribution is 2.28. The second-order valence-corrected chi connectivity index (χ2v) is 3.30. The van der Waals surface area contributed by atoms with Gasteiger partial charge >= 0.3 is 0 Å². The van der Waals surface area contributed by atoms with Crippen LogP contribution in [0.1, 0.15) is 39.0 Å². The molecule has 0 saturated carbocycles. The van der Waals surface area contributed by atoms with Crippen molar-refractivity contribution in [3.63, 3.8) is 0 Å². The van der Waals surface area contributed by atoms with Crippen LogP contribution in [0.5, 0.6) is 0 Å². The molecule has 1 aliphatic carbocycles. The number of carbonyl (C=O) groups excluding carboxylic acids is 2. The molecule has 0 saturated heterocycles. The van der Waals surface area contributed by atoms with Crippen molar-refractivity contribution in [3.8, 4) is 0 Å². The molecule has 0 radical (unpaired) electrons. The van der Waals surface area contributed by atoms with Crippen LogP contribution in [-0.2, 0) is 9.59 Å². The molecule has 3 heteroatoms. The monoisotopic (exact) mass is 181 g/mol. The molecule has 0 spiro atoms. The van der Waals surface area contributed by atoms with Gasteiger partial charge in [0.05, 0.1) is 0 Å². The average Bonchev–Trinajstić information content (AvgIpc) is 2.35. The van der Waals surface area contributed by atoms with E-state index in [4.69, 9.17) is 0 Å². The van der Waals surface area contributed by atoms with Gasteiger partial charge in [0.2, 0.25) is 0 Å². The molecule has 13 heavy (non-hydrogen) atoms. The SMILES string of the molecule is CCCC1=C(CC(=O)[O-])CCC1=O. The number of ketones is 1. The van der Waals surface area contributed by atoms with E-state index < -0.39 is 5.97 Å². The molecule has 0 aromatic heterocycles. The Bertz CT molecular complexity index is 263. The average molecular weight is 181 g/mol. The number of Topliss-reactive ketones (excluding diaryl/α,β-unsaturated/α-hetero) is 1. The van der Waals surface area contributed by atoms with Crippen LogP contribution in [0.25, 0.3) is 0 Å². The Hall–Kier alpha value is -1.12. The summed E-state index contributed by atoms with van der Waals surface area (Å²) in [6.45, 7) is 1.98. The van der Waals surface area contributed by atoms with E-state index in [0.717, 1.165) is 17.6 Å². The molecule has 1 aliphatic rings. The molecule has 0 bridgehead atoms. The molecule has 0 N–H and O–H groups in total. The first-order chi connectivity index (χ1) is 6.15. The van der Waals surface area contributed by atoms with Gasteiger partial charge in [0.25, 0.3) is 0 Å². The minimum Gasteiger partial charge on any atom is -0.550 e. The first-order valence-corrected chi connectivity index (χ1v) is 4.59. The number of carboxylic acids is 1. The Labute approximate surface area is 77.4 Å². The Kier molecular flexibility index (Phi) is 3.23. The second-order valence-electron chi connectivity index (χ2n) is 3.30. The number of allylic oxidation sites excluding steroid dienone is 1. The summed E-state index contributed by atoms with van der Waals surface area (Å²) in [6.07, 6.45) is 2.63. The van der Waals surface area contributed by atoms with Gasteiger partial charge < -0.3 is 9.90 Å². The van der Waals surface area contributed by atoms with E-state index in [1.807, 2.05) is 6.92 Å². The predicted molar refractivity (Wildman–Crippen MR) is 45.8 cm³/mol. The minimum absolute atomic E-state index is 0.0684. The smallest absolute Gasteiger partial charge is 0.159 e. The lowest BCUT2D eigenvalue weighted by molar-refractivity contribution is -0.304. The highest BCUT2D eigenvalue weighted by Gasteiger charge is 2.21. The van der Waals surface area contributed by atoms with Crippen molar-refractivity contribution >= 4 is 11.8 Å². The summed E-state index contributed by atoms with van der Waals surface area (Å²) < 4.78 is 0. The molecule has 0 unspecified atom stereocenters. The number of hydrogen-bond donors (Lipinski definition) is 0. The molecule has 0 fully saturated rings. The Morgan fingerprint density at radius 3 is 2.69 bits per heavy atom. The summed E-state index contributed by atoms with van der Waals surface area (Å²) >= 11 is 0. The van der Waals surface area contributed by atoms with E-state index >= 15 is 0 Å². The Balaban J connectivity index is 2.75. The number of rotatable bonds is 4. The van der Waals surface area contributed by atoms with Crippen LogP contribution in [0.2, 0.25) is 0 Å². The summed E-state index contributed by atoms with van der Waals surface area (Å²) in [5.74, 6) is -0.962. The lowest BCUT2D eigenvalue weighted by Crippen LogP contribution is -2.22. The van der Waals surface area contributed by atoms with Gasteiger partial charge in [-0.3, -0.25) is 4.79 Å². The molecule has 0 aromatic rings. The highest BCUT2D eigenvalue weighted by molar-refractivity contribution is 5.99. The van der Waals surface area contributed by atoms with Gasteiger partial charge in [-0.2, -0.15) is 0 Å². The Morgan fingerprint density at radius 2 is 2.15 bits per heavy atom. The number of hydrogen-bond acceptors (Lipinski definition) is 3. The van der Waals surface area contributed by atoms with E-state index in [-0.39, 0.29) is 12.2 Å². The van der Waals surface area contributed by atoms with Gasteiger partial charge in [0.15, 0.2) is 5.78 Å². The van der Waals surface area contributed by atoms with E-state index in [9.17, 15) is 14.7 Å². The third-order valence-corrected chi connectivity index (χ3v) is 2.27. The van der Waals surface area contributed by atoms with Crippen molar-refractivity contribution in [2.75, 3.05) is 0 Å². The van der Waals surface area contributed by atoms with Crippen LogP contribution < -0.4 is 5.11 Å². The van der Waals surface area contributed by atoms with Gasteiger partial charge in [-0.15, -0.1) is 0 Å². The first kappa shape index (κ1) is 9.96. The third-order valence-electron chi connectivity index (χ3n) is 2.27. The number of carboxylic acid groups (broad SMARTS) is 1. The van der Waals surface area contributed by atoms with Crippen molar-refractivity contribution in [3.05, 3.63) is 11.1 Å². The van der Waals surface area contributed by atoms with E-state index in [2.05, 4.69) is 0 Å². The molecule has 0 atom stereocenters. The van der Waals surface area contributed by atoms with Gasteiger partial charge in [0, 0.05) is 18.8 Å². The maximum atomic E-state index is 11.3. The molecule has 0 heterocycles.